The standard InChI is InChI=1S/C10H18O3S/c1-3-5-6-10(12)14-8-7-9(11)13-4-2/h3-8H2,1-2H3. The number of carbonyl (C=O) groups is 2. The highest BCUT2D eigenvalue weighted by atomic mass is 32.2. The van der Waals surface area contributed by atoms with E-state index in [0.717, 1.165) is 12.8 Å². The number of unbranched alkanes of at least 4 members (excludes halogenated alkanes) is 1. The molecule has 0 aromatic carbocycles. The topological polar surface area (TPSA) is 43.4 Å². The third-order valence-electron chi connectivity index (χ3n) is 1.61. The average molecular weight is 218 g/mol. The Labute approximate surface area is 89.6 Å². The predicted molar refractivity (Wildman–Crippen MR) is 58.2 cm³/mol. The van der Waals surface area contributed by atoms with E-state index in [1.807, 2.05) is 0 Å². The molecule has 0 N–H and O–H groups in total. The molecule has 0 aromatic heterocycles. The molecular formula is C10H18O3S. The molecule has 3 nitrogen and oxygen atoms in total. The normalized spacial score (nSPS) is 9.86. The van der Waals surface area contributed by atoms with Crippen LogP contribution in [0.1, 0.15) is 39.5 Å². The molecule has 4 heteroatoms. The smallest absolute Gasteiger partial charge is 0.306 e. The van der Waals surface area contributed by atoms with Crippen LogP contribution in [0, 0.1) is 0 Å². The number of esters is 1. The highest BCUT2D eigenvalue weighted by Crippen LogP contribution is 2.10. The summed E-state index contributed by atoms with van der Waals surface area (Å²) in [7, 11) is 0. The van der Waals surface area contributed by atoms with Crippen molar-refractivity contribution in [1.29, 1.82) is 0 Å². The lowest BCUT2D eigenvalue weighted by Crippen LogP contribution is -2.05. The van der Waals surface area contributed by atoms with Gasteiger partial charge in [-0.1, -0.05) is 25.1 Å². The second-order valence-corrected chi connectivity index (χ2v) is 4.03. The monoisotopic (exact) mass is 218 g/mol. The second-order valence-electron chi connectivity index (χ2n) is 2.88. The zero-order valence-electron chi connectivity index (χ0n) is 8.88. The van der Waals surface area contributed by atoms with Crippen molar-refractivity contribution in [3.05, 3.63) is 0 Å². The summed E-state index contributed by atoms with van der Waals surface area (Å²) < 4.78 is 4.74. The van der Waals surface area contributed by atoms with Crippen molar-refractivity contribution in [1.82, 2.24) is 0 Å². The third kappa shape index (κ3) is 8.10. The maximum absolute atomic E-state index is 11.2. The Hall–Kier alpha value is -0.510. The SMILES string of the molecule is CCCCC(=O)SCCC(=O)OCC. The van der Waals surface area contributed by atoms with Crippen LogP contribution in [0.25, 0.3) is 0 Å². The quantitative estimate of drug-likeness (QED) is 0.615. The van der Waals surface area contributed by atoms with Crippen molar-refractivity contribution in [3.8, 4) is 0 Å². The van der Waals surface area contributed by atoms with Crippen LogP contribution in [0.2, 0.25) is 0 Å². The van der Waals surface area contributed by atoms with E-state index < -0.39 is 0 Å². The van der Waals surface area contributed by atoms with Gasteiger partial charge in [-0.3, -0.25) is 9.59 Å². The van der Waals surface area contributed by atoms with E-state index in [1.54, 1.807) is 6.92 Å². The minimum absolute atomic E-state index is 0.177. The molecule has 0 bridgehead atoms. The highest BCUT2D eigenvalue weighted by molar-refractivity contribution is 8.13. The van der Waals surface area contributed by atoms with E-state index in [9.17, 15) is 9.59 Å². The third-order valence-corrected chi connectivity index (χ3v) is 2.54. The number of carbonyl (C=O) groups excluding carboxylic acids is 2. The van der Waals surface area contributed by atoms with Crippen molar-refractivity contribution in [3.63, 3.8) is 0 Å². The van der Waals surface area contributed by atoms with Crippen LogP contribution in [-0.2, 0) is 14.3 Å². The molecule has 14 heavy (non-hydrogen) atoms. The minimum Gasteiger partial charge on any atom is -0.466 e. The van der Waals surface area contributed by atoms with Gasteiger partial charge >= 0.3 is 5.97 Å². The zero-order valence-corrected chi connectivity index (χ0v) is 9.69. The molecule has 0 rings (SSSR count). The van der Waals surface area contributed by atoms with Gasteiger partial charge in [-0.05, 0) is 13.3 Å². The van der Waals surface area contributed by atoms with Gasteiger partial charge in [0.25, 0.3) is 0 Å². The summed E-state index contributed by atoms with van der Waals surface area (Å²) in [6.45, 7) is 4.24. The van der Waals surface area contributed by atoms with Gasteiger partial charge in [-0.15, -0.1) is 0 Å². The molecule has 0 unspecified atom stereocenters. The Morgan fingerprint density at radius 1 is 1.21 bits per heavy atom. The number of rotatable bonds is 7. The van der Waals surface area contributed by atoms with Crippen LogP contribution in [0.15, 0.2) is 0 Å². The molecule has 0 fully saturated rings. The lowest BCUT2D eigenvalue weighted by molar-refractivity contribution is -0.142. The molecule has 0 spiro atoms. The van der Waals surface area contributed by atoms with E-state index in [-0.39, 0.29) is 11.1 Å². The van der Waals surface area contributed by atoms with Gasteiger partial charge in [-0.2, -0.15) is 0 Å². The molecule has 0 aliphatic rings. The van der Waals surface area contributed by atoms with Crippen molar-refractivity contribution in [2.24, 2.45) is 0 Å². The maximum atomic E-state index is 11.2. The van der Waals surface area contributed by atoms with Gasteiger partial charge in [0.2, 0.25) is 0 Å². The number of ether oxygens (including phenoxy) is 1. The van der Waals surface area contributed by atoms with Crippen LogP contribution < -0.4 is 0 Å². The minimum atomic E-state index is -0.219. The highest BCUT2D eigenvalue weighted by Gasteiger charge is 2.05. The van der Waals surface area contributed by atoms with Crippen LogP contribution >= 0.6 is 11.8 Å². The van der Waals surface area contributed by atoms with Gasteiger partial charge < -0.3 is 4.74 Å². The largest absolute Gasteiger partial charge is 0.466 e. The van der Waals surface area contributed by atoms with Crippen LogP contribution in [0.4, 0.5) is 0 Å². The summed E-state index contributed by atoms with van der Waals surface area (Å²) in [5.74, 6) is 0.324. The number of thioether (sulfide) groups is 1. The van der Waals surface area contributed by atoms with Gasteiger partial charge in [-0.25, -0.2) is 0 Å². The van der Waals surface area contributed by atoms with E-state index in [4.69, 9.17) is 4.74 Å². The van der Waals surface area contributed by atoms with Crippen LogP contribution in [0.3, 0.4) is 0 Å². The molecule has 0 heterocycles. The van der Waals surface area contributed by atoms with Crippen molar-refractivity contribution in [2.45, 2.75) is 39.5 Å². The molecule has 0 atom stereocenters. The van der Waals surface area contributed by atoms with E-state index in [2.05, 4.69) is 6.92 Å². The van der Waals surface area contributed by atoms with E-state index in [1.165, 1.54) is 11.8 Å². The summed E-state index contributed by atoms with van der Waals surface area (Å²) in [6.07, 6.45) is 2.91. The predicted octanol–water partition coefficient (Wildman–Crippen LogP) is 2.39. The first-order valence-corrected chi connectivity index (χ1v) is 6.00. The van der Waals surface area contributed by atoms with Crippen molar-refractivity contribution in [2.75, 3.05) is 12.4 Å². The summed E-state index contributed by atoms with van der Waals surface area (Å²) in [5.41, 5.74) is 0. The first-order chi connectivity index (χ1) is 6.70. The maximum Gasteiger partial charge on any atom is 0.306 e. The Bertz CT molecular complexity index is 180. The first-order valence-electron chi connectivity index (χ1n) is 5.02. The van der Waals surface area contributed by atoms with Gasteiger partial charge in [0.1, 0.15) is 0 Å². The lowest BCUT2D eigenvalue weighted by Gasteiger charge is -2.00. The molecule has 0 aliphatic heterocycles. The van der Waals surface area contributed by atoms with Crippen LogP contribution in [0.5, 0.6) is 0 Å². The molecule has 0 aromatic rings. The molecular weight excluding hydrogens is 200 g/mol. The fraction of sp³-hybridized carbons (Fsp3) is 0.800. The average Bonchev–Trinajstić information content (AvgIpc) is 2.15. The zero-order chi connectivity index (χ0) is 10.8. The van der Waals surface area contributed by atoms with Crippen LogP contribution in [-0.4, -0.2) is 23.4 Å². The number of hydrogen-bond acceptors (Lipinski definition) is 4. The summed E-state index contributed by atoms with van der Waals surface area (Å²) in [5, 5.41) is 0.177. The molecule has 0 amide bonds. The Balaban J connectivity index is 3.34. The van der Waals surface area contributed by atoms with Gasteiger partial charge in [0, 0.05) is 12.2 Å². The fourth-order valence-corrected chi connectivity index (χ4v) is 1.66. The Morgan fingerprint density at radius 2 is 1.93 bits per heavy atom. The summed E-state index contributed by atoms with van der Waals surface area (Å²) in [4.78, 5) is 22.0. The van der Waals surface area contributed by atoms with Gasteiger partial charge in [0.05, 0.1) is 13.0 Å². The molecule has 0 saturated heterocycles. The number of hydrogen-bond donors (Lipinski definition) is 0. The summed E-state index contributed by atoms with van der Waals surface area (Å²) in [6, 6.07) is 0. The van der Waals surface area contributed by atoms with E-state index >= 15 is 0 Å². The Morgan fingerprint density at radius 3 is 2.50 bits per heavy atom. The Kier molecular flexibility index (Phi) is 8.73. The van der Waals surface area contributed by atoms with E-state index in [0.29, 0.717) is 25.2 Å². The van der Waals surface area contributed by atoms with Crippen molar-refractivity contribution < 1.29 is 14.3 Å². The lowest BCUT2D eigenvalue weighted by atomic mass is 10.3. The molecule has 0 saturated carbocycles. The first kappa shape index (κ1) is 13.5. The van der Waals surface area contributed by atoms with Crippen molar-refractivity contribution >= 4 is 22.8 Å². The molecule has 0 aliphatic carbocycles. The molecule has 0 radical (unpaired) electrons. The summed E-state index contributed by atoms with van der Waals surface area (Å²) >= 11 is 1.23. The second kappa shape index (κ2) is 9.06. The van der Waals surface area contributed by atoms with Gasteiger partial charge in [0.15, 0.2) is 5.12 Å². The fourth-order valence-electron chi connectivity index (χ4n) is 0.875. The molecule has 82 valence electrons.